The molecule has 11 heterocycles. The largest absolute Gasteiger partial charge is 0.495 e. The average Bonchev–Trinajstić information content (AvgIpc) is 1.59. The zero-order valence-corrected chi connectivity index (χ0v) is 62.7. The second-order valence-electron chi connectivity index (χ2n) is 29.4. The summed E-state index contributed by atoms with van der Waals surface area (Å²) in [6.07, 6.45) is 12.7. The van der Waals surface area contributed by atoms with E-state index >= 15 is 8.78 Å². The first-order valence-electron chi connectivity index (χ1n) is 35.3. The number of aromatic nitrogens is 12. The van der Waals surface area contributed by atoms with Gasteiger partial charge in [-0.3, -0.25) is 24.0 Å². The van der Waals surface area contributed by atoms with Gasteiger partial charge in [0.2, 0.25) is 0 Å². The first-order valence-corrected chi connectivity index (χ1v) is 35.7. The van der Waals surface area contributed by atoms with Gasteiger partial charge in [0.25, 0.3) is 22.9 Å². The van der Waals surface area contributed by atoms with E-state index in [9.17, 15) is 29.1 Å². The highest BCUT2D eigenvalue weighted by atomic mass is 35.5. The fourth-order valence-corrected chi connectivity index (χ4v) is 12.8. The number of carbonyl (C=O) groups excluding carboxylic acids is 3. The molecule has 0 unspecified atom stereocenters. The summed E-state index contributed by atoms with van der Waals surface area (Å²) in [5, 5.41) is 35.7. The number of nitrogens with zero attached hydrogens (tertiary/aromatic N) is 14. The van der Waals surface area contributed by atoms with E-state index in [1.807, 2.05) is 69.2 Å². The Morgan fingerprint density at radius 1 is 0.606 bits per heavy atom. The normalized spacial score (nSPS) is 15.0. The molecule has 3 saturated heterocycles. The van der Waals surface area contributed by atoms with Crippen molar-refractivity contribution in [3.63, 3.8) is 0 Å². The molecule has 3 aliphatic heterocycles. The second-order valence-corrected chi connectivity index (χ2v) is 29.8. The molecule has 27 nitrogen and oxygen atoms in total. The molecule has 0 atom stereocenters. The van der Waals surface area contributed by atoms with Gasteiger partial charge in [-0.2, -0.15) is 29.8 Å². The van der Waals surface area contributed by atoms with E-state index < -0.39 is 53.6 Å². The SMILES string of the molecule is CC(=O)OCc1c(B2OC(C)(C)C(C)(C)O2)cccc1-n1ncc2cc(C(C)(C)C)cc(F)c2c1=O.CC(C)(C)c1cc(F)c2c(=O)n(-c3cccc(-c4cc(Nc5ccc(C(=O)N6CCOCC6)cn5)c5nccn5n4)c3CO)ncc2c1.O=C(c1ccc(Nc2cc(Cl)nn3ccnc23)nc1)N1CCOCC1. The van der Waals surface area contributed by atoms with Crippen LogP contribution in [0.1, 0.15) is 119 Å². The van der Waals surface area contributed by atoms with Crippen LogP contribution in [0.2, 0.25) is 5.15 Å². The zero-order valence-electron chi connectivity index (χ0n) is 61.9. The maximum atomic E-state index is 15.4. The average molecular weight is 1500 g/mol. The van der Waals surface area contributed by atoms with Crippen molar-refractivity contribution in [3.05, 3.63) is 218 Å². The number of imidazole rings is 2. The Morgan fingerprint density at radius 3 is 1.53 bits per heavy atom. The molecule has 3 aliphatic rings. The number of aliphatic hydroxyl groups excluding tert-OH is 1. The summed E-state index contributed by atoms with van der Waals surface area (Å²) in [5.41, 5.74) is 5.01. The zero-order chi connectivity index (χ0) is 77.4. The fraction of sp³-hybridized carbons (Fsp3) is 0.321. The molecular weight excluding hydrogens is 1420 g/mol. The van der Waals surface area contributed by atoms with Gasteiger partial charge in [0.1, 0.15) is 29.9 Å². The molecule has 0 saturated carbocycles. The predicted octanol–water partition coefficient (Wildman–Crippen LogP) is 10.8. The van der Waals surface area contributed by atoms with Crippen molar-refractivity contribution >= 4 is 97.8 Å². The number of halogens is 3. The van der Waals surface area contributed by atoms with E-state index in [1.54, 1.807) is 135 Å². The highest BCUT2D eigenvalue weighted by Crippen LogP contribution is 2.38. The summed E-state index contributed by atoms with van der Waals surface area (Å²) in [4.78, 5) is 85.2. The number of fused-ring (bicyclic) bond motifs is 4. The van der Waals surface area contributed by atoms with Crippen LogP contribution < -0.4 is 27.2 Å². The van der Waals surface area contributed by atoms with Crippen molar-refractivity contribution in [1.29, 1.82) is 0 Å². The van der Waals surface area contributed by atoms with Crippen LogP contribution in [0.3, 0.4) is 0 Å². The quantitative estimate of drug-likeness (QED) is 0.0713. The molecular formula is C78H80BClF2N16O11. The highest BCUT2D eigenvalue weighted by Gasteiger charge is 2.52. The van der Waals surface area contributed by atoms with Crippen LogP contribution in [0.15, 0.2) is 156 Å². The molecule has 562 valence electrons. The van der Waals surface area contributed by atoms with Gasteiger partial charge < -0.3 is 49.1 Å². The molecule has 109 heavy (non-hydrogen) atoms. The number of carbonyl (C=O) groups is 3. The summed E-state index contributed by atoms with van der Waals surface area (Å²) in [5.74, 6) is -0.791. The van der Waals surface area contributed by atoms with Gasteiger partial charge in [0.15, 0.2) is 16.4 Å². The molecule has 31 heteroatoms. The van der Waals surface area contributed by atoms with Crippen molar-refractivity contribution in [2.24, 2.45) is 0 Å². The number of anilines is 4. The molecule has 8 aromatic heterocycles. The van der Waals surface area contributed by atoms with Gasteiger partial charge in [0.05, 0.1) is 107 Å². The lowest BCUT2D eigenvalue weighted by Crippen LogP contribution is -2.41. The van der Waals surface area contributed by atoms with Gasteiger partial charge >= 0.3 is 13.1 Å². The molecule has 3 fully saturated rings. The first kappa shape index (κ1) is 75.9. The van der Waals surface area contributed by atoms with E-state index in [1.165, 1.54) is 37.6 Å². The smallest absolute Gasteiger partial charge is 0.461 e. The van der Waals surface area contributed by atoms with Gasteiger partial charge in [-0.1, -0.05) is 77.4 Å². The first-order chi connectivity index (χ1) is 51.9. The Labute approximate surface area is 629 Å². The number of pyridine rings is 2. The molecule has 0 spiro atoms. The number of nitrogens with one attached hydrogen (secondary N) is 2. The third kappa shape index (κ3) is 16.0. The summed E-state index contributed by atoms with van der Waals surface area (Å²) in [6, 6.07) is 27.1. The van der Waals surface area contributed by atoms with Gasteiger partial charge in [-0.15, -0.1) is 0 Å². The van der Waals surface area contributed by atoms with E-state index in [2.05, 4.69) is 45.9 Å². The predicted molar refractivity (Wildman–Crippen MR) is 408 cm³/mol. The lowest BCUT2D eigenvalue weighted by atomic mass is 9.75. The fourth-order valence-electron chi connectivity index (χ4n) is 12.6. The summed E-state index contributed by atoms with van der Waals surface area (Å²) >= 11 is 6.02. The Balaban J connectivity index is 0.000000151. The Bertz CT molecular complexity index is 5580. The van der Waals surface area contributed by atoms with Crippen LogP contribution in [0.5, 0.6) is 0 Å². The number of amides is 2. The lowest BCUT2D eigenvalue weighted by Gasteiger charge is -2.32. The number of benzene rings is 4. The molecule has 3 N–H and O–H groups in total. The number of ether oxygens (including phenoxy) is 3. The molecule has 0 radical (unpaired) electrons. The van der Waals surface area contributed by atoms with Crippen LogP contribution >= 0.6 is 11.6 Å². The molecule has 12 aromatic rings. The number of rotatable bonds is 13. The number of hydrogen-bond acceptors (Lipinski definition) is 21. The van der Waals surface area contributed by atoms with Crippen molar-refractivity contribution in [1.82, 2.24) is 68.5 Å². The number of morpholine rings is 2. The highest BCUT2D eigenvalue weighted by molar-refractivity contribution is 6.62. The van der Waals surface area contributed by atoms with Crippen LogP contribution in [-0.2, 0) is 52.4 Å². The molecule has 4 aromatic carbocycles. The summed E-state index contributed by atoms with van der Waals surface area (Å²) < 4.78 is 64.4. The van der Waals surface area contributed by atoms with Gasteiger partial charge in [0, 0.05) is 104 Å². The molecule has 0 bridgehead atoms. The van der Waals surface area contributed by atoms with Crippen molar-refractivity contribution in [2.75, 3.05) is 63.2 Å². The topological polar surface area (TPSA) is 304 Å². The van der Waals surface area contributed by atoms with E-state index in [4.69, 9.17) is 40.2 Å². The minimum absolute atomic E-state index is 0.0371. The number of esters is 1. The summed E-state index contributed by atoms with van der Waals surface area (Å²) in [7, 11) is -0.761. The maximum absolute atomic E-state index is 15.4. The van der Waals surface area contributed by atoms with E-state index in [0.29, 0.717) is 153 Å². The molecule has 15 rings (SSSR count). The van der Waals surface area contributed by atoms with Crippen molar-refractivity contribution < 1.29 is 51.8 Å². The van der Waals surface area contributed by atoms with Crippen molar-refractivity contribution in [2.45, 2.75) is 111 Å². The molecule has 0 aliphatic carbocycles. The molecule has 2 amide bonds. The van der Waals surface area contributed by atoms with Crippen LogP contribution in [-0.4, -0.2) is 162 Å². The van der Waals surface area contributed by atoms with Crippen molar-refractivity contribution in [3.8, 4) is 22.6 Å². The number of hydrogen-bond donors (Lipinski definition) is 3. The Kier molecular flexibility index (Phi) is 21.4. The standard InChI is InChI=1S/C35H33FN8O4.C27H32BFN2O5.C16H15ClN6O2/c1-35(2,3)23-15-22-19-39-44(34(47)31(22)26(36)16-23)29-6-4-5-24(25(29)20-45)27-17-28(32-37-9-10-43(32)41-27)40-30-8-7-21(18-38-30)33(46)42-11-13-48-14-12-42;1-16(32)34-15-19-20(28-35-26(5,6)27(7,8)36-28)10-9-11-22(19)31-24(33)23-17(14-30-31)12-18(13-21(23)29)25(2,3)4;17-13-9-12(15-18-3-4-23(15)21-13)20-14-2-1-11(10-19-14)16(24)22-5-7-25-8-6-22/h4-10,15-19,45H,11-14,20H2,1-3H3,(H,38,40);9-14H,15H2,1-8H3;1-4,9-10H,5-8H2,(H,19,20). The minimum Gasteiger partial charge on any atom is -0.461 e. The van der Waals surface area contributed by atoms with Crippen LogP contribution in [0, 0.1) is 11.6 Å². The third-order valence-electron chi connectivity index (χ3n) is 19.4. The lowest BCUT2D eigenvalue weighted by molar-refractivity contribution is -0.142. The van der Waals surface area contributed by atoms with Crippen LogP contribution in [0.4, 0.5) is 31.8 Å². The maximum Gasteiger partial charge on any atom is 0.495 e. The van der Waals surface area contributed by atoms with E-state index in [0.717, 1.165) is 20.5 Å². The van der Waals surface area contributed by atoms with E-state index in [-0.39, 0.29) is 40.0 Å². The minimum atomic E-state index is -0.761. The third-order valence-corrected chi connectivity index (χ3v) is 19.6. The van der Waals surface area contributed by atoms with Crippen LogP contribution in [0.25, 0.3) is 55.5 Å². The Hall–Kier alpha value is -11.3. The van der Waals surface area contributed by atoms with Gasteiger partial charge in [-0.05, 0) is 122 Å². The second kappa shape index (κ2) is 30.8. The van der Waals surface area contributed by atoms with Gasteiger partial charge in [-0.25, -0.2) is 37.7 Å². The summed E-state index contributed by atoms with van der Waals surface area (Å²) in [6.45, 7) is 24.8. The monoisotopic (exact) mass is 1500 g/mol. The Morgan fingerprint density at radius 2 is 1.07 bits per heavy atom. The number of aliphatic hydroxyl groups is 1.